The van der Waals surface area contributed by atoms with E-state index in [-0.39, 0.29) is 10.6 Å². The summed E-state index contributed by atoms with van der Waals surface area (Å²) < 4.78 is 0. The molecule has 0 saturated heterocycles. The van der Waals surface area contributed by atoms with Gasteiger partial charge in [-0.2, -0.15) is 0 Å². The summed E-state index contributed by atoms with van der Waals surface area (Å²) in [6.45, 7) is 5.62. The molecule has 1 aromatic rings. The average Bonchev–Trinajstić information content (AvgIpc) is 2.16. The van der Waals surface area contributed by atoms with Gasteiger partial charge in [0.2, 0.25) is 0 Å². The lowest BCUT2D eigenvalue weighted by molar-refractivity contribution is -0.385. The molecule has 1 aromatic carbocycles. The van der Waals surface area contributed by atoms with E-state index < -0.39 is 0 Å². The van der Waals surface area contributed by atoms with Crippen LogP contribution in [0.5, 0.6) is 0 Å². The zero-order valence-corrected chi connectivity index (χ0v) is 9.36. The fraction of sp³-hybridized carbons (Fsp3) is 0.455. The number of benzene rings is 1. The van der Waals surface area contributed by atoms with Crippen molar-refractivity contribution in [3.63, 3.8) is 0 Å². The molecule has 0 fully saturated rings. The minimum atomic E-state index is -0.345. The predicted molar refractivity (Wildman–Crippen MR) is 59.8 cm³/mol. The Bertz CT molecular complexity index is 364. The van der Waals surface area contributed by atoms with Crippen molar-refractivity contribution in [2.75, 3.05) is 13.6 Å². The molecule has 0 atom stereocenters. The molecule has 0 aliphatic heterocycles. The van der Waals surface area contributed by atoms with Crippen molar-refractivity contribution < 1.29 is 4.92 Å². The zero-order chi connectivity index (χ0) is 11.4. The van der Waals surface area contributed by atoms with Gasteiger partial charge in [-0.1, -0.05) is 13.0 Å². The molecule has 0 aromatic heterocycles. The van der Waals surface area contributed by atoms with E-state index in [2.05, 4.69) is 11.8 Å². The molecule has 4 heteroatoms. The number of nitro benzene ring substituents is 1. The Balaban J connectivity index is 2.93. The highest BCUT2D eigenvalue weighted by Gasteiger charge is 2.08. The molecule has 4 nitrogen and oxygen atoms in total. The quantitative estimate of drug-likeness (QED) is 0.563. The highest BCUT2D eigenvalue weighted by Crippen LogP contribution is 2.17. The van der Waals surface area contributed by atoms with Gasteiger partial charge in [0.05, 0.1) is 4.92 Å². The van der Waals surface area contributed by atoms with Crippen LogP contribution in [0.1, 0.15) is 18.1 Å². The van der Waals surface area contributed by atoms with E-state index in [4.69, 9.17) is 0 Å². The Morgan fingerprint density at radius 2 is 2.07 bits per heavy atom. The fourth-order valence-corrected chi connectivity index (χ4v) is 1.46. The minimum absolute atomic E-state index is 0.175. The lowest BCUT2D eigenvalue weighted by atomic mass is 10.1. The Labute approximate surface area is 89.7 Å². The van der Waals surface area contributed by atoms with Gasteiger partial charge in [0.25, 0.3) is 5.69 Å². The molecule has 0 aliphatic rings. The maximum atomic E-state index is 10.7. The van der Waals surface area contributed by atoms with Crippen molar-refractivity contribution in [2.45, 2.75) is 20.4 Å². The van der Waals surface area contributed by atoms with E-state index in [0.29, 0.717) is 0 Å². The monoisotopic (exact) mass is 208 g/mol. The van der Waals surface area contributed by atoms with E-state index in [9.17, 15) is 10.1 Å². The lowest BCUT2D eigenvalue weighted by Gasteiger charge is -2.13. The van der Waals surface area contributed by atoms with Crippen LogP contribution in [0, 0.1) is 17.0 Å². The second kappa shape index (κ2) is 4.89. The summed E-state index contributed by atoms with van der Waals surface area (Å²) in [4.78, 5) is 12.4. The minimum Gasteiger partial charge on any atom is -0.302 e. The van der Waals surface area contributed by atoms with Gasteiger partial charge in [0.1, 0.15) is 0 Å². The second-order valence-corrected chi connectivity index (χ2v) is 3.76. The first-order valence-electron chi connectivity index (χ1n) is 4.96. The van der Waals surface area contributed by atoms with Crippen molar-refractivity contribution in [1.29, 1.82) is 0 Å². The molecule has 0 amide bonds. The van der Waals surface area contributed by atoms with Crippen LogP contribution in [0.4, 0.5) is 5.69 Å². The topological polar surface area (TPSA) is 46.4 Å². The average molecular weight is 208 g/mol. The highest BCUT2D eigenvalue weighted by molar-refractivity contribution is 5.38. The third kappa shape index (κ3) is 3.32. The van der Waals surface area contributed by atoms with Crippen LogP contribution >= 0.6 is 0 Å². The van der Waals surface area contributed by atoms with E-state index in [1.807, 2.05) is 20.0 Å². The Morgan fingerprint density at radius 1 is 1.40 bits per heavy atom. The number of nitrogens with zero attached hydrogens (tertiary/aromatic N) is 2. The van der Waals surface area contributed by atoms with Gasteiger partial charge in [0, 0.05) is 18.7 Å². The summed E-state index contributed by atoms with van der Waals surface area (Å²) in [6, 6.07) is 5.22. The SMILES string of the molecule is CCN(C)Cc1cc(C)cc([N+](=O)[O-])c1. The molecule has 0 saturated carbocycles. The molecule has 0 aliphatic carbocycles. The van der Waals surface area contributed by atoms with Gasteiger partial charge in [-0.25, -0.2) is 0 Å². The van der Waals surface area contributed by atoms with Gasteiger partial charge < -0.3 is 4.90 Å². The first kappa shape index (κ1) is 11.7. The van der Waals surface area contributed by atoms with E-state index >= 15 is 0 Å². The lowest BCUT2D eigenvalue weighted by Crippen LogP contribution is -2.16. The Morgan fingerprint density at radius 3 is 2.60 bits per heavy atom. The summed E-state index contributed by atoms with van der Waals surface area (Å²) in [6.07, 6.45) is 0. The summed E-state index contributed by atoms with van der Waals surface area (Å²) >= 11 is 0. The molecule has 1 rings (SSSR count). The van der Waals surface area contributed by atoms with Crippen molar-refractivity contribution in [2.24, 2.45) is 0 Å². The molecule has 0 radical (unpaired) electrons. The van der Waals surface area contributed by atoms with Crippen LogP contribution in [0.3, 0.4) is 0 Å². The summed E-state index contributed by atoms with van der Waals surface area (Å²) in [5.74, 6) is 0. The number of rotatable bonds is 4. The maximum Gasteiger partial charge on any atom is 0.270 e. The molecule has 15 heavy (non-hydrogen) atoms. The van der Waals surface area contributed by atoms with Crippen LogP contribution in [-0.2, 0) is 6.54 Å². The van der Waals surface area contributed by atoms with Crippen LogP contribution in [0.2, 0.25) is 0 Å². The van der Waals surface area contributed by atoms with Crippen molar-refractivity contribution in [3.8, 4) is 0 Å². The molecule has 0 N–H and O–H groups in total. The molecular weight excluding hydrogens is 192 g/mol. The molecule has 0 unspecified atom stereocenters. The number of aryl methyl sites for hydroxylation is 1. The smallest absolute Gasteiger partial charge is 0.270 e. The highest BCUT2D eigenvalue weighted by atomic mass is 16.6. The molecular formula is C11H16N2O2. The third-order valence-electron chi connectivity index (χ3n) is 2.33. The van der Waals surface area contributed by atoms with Gasteiger partial charge in [-0.05, 0) is 31.6 Å². The predicted octanol–water partition coefficient (Wildman–Crippen LogP) is 2.35. The standard InChI is InChI=1S/C11H16N2O2/c1-4-12(3)8-10-5-9(2)6-11(7-10)13(14)15/h5-7H,4,8H2,1-3H3. The van der Waals surface area contributed by atoms with Crippen molar-refractivity contribution in [1.82, 2.24) is 4.90 Å². The molecule has 0 spiro atoms. The molecule has 82 valence electrons. The Hall–Kier alpha value is -1.42. The van der Waals surface area contributed by atoms with Gasteiger partial charge in [-0.3, -0.25) is 10.1 Å². The van der Waals surface area contributed by atoms with Crippen LogP contribution in [0.25, 0.3) is 0 Å². The van der Waals surface area contributed by atoms with E-state index in [1.54, 1.807) is 12.1 Å². The largest absolute Gasteiger partial charge is 0.302 e. The maximum absolute atomic E-state index is 10.7. The summed E-state index contributed by atoms with van der Waals surface area (Å²) in [5, 5.41) is 10.7. The molecule has 0 heterocycles. The summed E-state index contributed by atoms with van der Waals surface area (Å²) in [7, 11) is 1.99. The number of non-ortho nitro benzene ring substituents is 1. The first-order chi connectivity index (χ1) is 7.02. The third-order valence-corrected chi connectivity index (χ3v) is 2.33. The van der Waals surface area contributed by atoms with Gasteiger partial charge in [-0.15, -0.1) is 0 Å². The normalized spacial score (nSPS) is 10.7. The van der Waals surface area contributed by atoms with Crippen molar-refractivity contribution >= 4 is 5.69 Å². The second-order valence-electron chi connectivity index (χ2n) is 3.76. The van der Waals surface area contributed by atoms with E-state index in [0.717, 1.165) is 24.2 Å². The van der Waals surface area contributed by atoms with Gasteiger partial charge >= 0.3 is 0 Å². The summed E-state index contributed by atoms with van der Waals surface area (Å²) in [5.41, 5.74) is 2.10. The van der Waals surface area contributed by atoms with Crippen LogP contribution < -0.4 is 0 Å². The fourth-order valence-electron chi connectivity index (χ4n) is 1.46. The van der Waals surface area contributed by atoms with Crippen LogP contribution in [0.15, 0.2) is 18.2 Å². The Kier molecular flexibility index (Phi) is 3.80. The van der Waals surface area contributed by atoms with Gasteiger partial charge in [0.15, 0.2) is 0 Å². The zero-order valence-electron chi connectivity index (χ0n) is 9.36. The first-order valence-corrected chi connectivity index (χ1v) is 4.96. The molecule has 0 bridgehead atoms. The number of hydrogen-bond donors (Lipinski definition) is 0. The van der Waals surface area contributed by atoms with E-state index in [1.165, 1.54) is 0 Å². The van der Waals surface area contributed by atoms with Crippen LogP contribution in [-0.4, -0.2) is 23.4 Å². The van der Waals surface area contributed by atoms with Crippen molar-refractivity contribution in [3.05, 3.63) is 39.4 Å². The number of hydrogen-bond acceptors (Lipinski definition) is 3. The number of nitro groups is 1.